The monoisotopic (exact) mass is 335 g/mol. The highest BCUT2D eigenvalue weighted by Crippen LogP contribution is 2.32. The van der Waals surface area contributed by atoms with Crippen molar-refractivity contribution in [1.29, 1.82) is 5.26 Å². The van der Waals surface area contributed by atoms with E-state index in [1.165, 1.54) is 0 Å². The molecule has 0 fully saturated rings. The van der Waals surface area contributed by atoms with Crippen molar-refractivity contribution in [3.63, 3.8) is 0 Å². The van der Waals surface area contributed by atoms with Gasteiger partial charge in [0, 0.05) is 10.2 Å². The summed E-state index contributed by atoms with van der Waals surface area (Å²) in [6.07, 6.45) is 0. The lowest BCUT2D eigenvalue weighted by Gasteiger charge is -2.13. The Bertz CT molecular complexity index is 677. The van der Waals surface area contributed by atoms with E-state index in [1.807, 2.05) is 19.1 Å². The lowest BCUT2D eigenvalue weighted by atomic mass is 10.1. The van der Waals surface area contributed by atoms with Crippen LogP contribution in [-0.4, -0.2) is 0 Å². The Balaban J connectivity index is 2.37. The van der Waals surface area contributed by atoms with Crippen LogP contribution in [0, 0.1) is 18.3 Å². The Morgan fingerprint density at radius 1 is 1.26 bits per heavy atom. The molecule has 0 unspecified atom stereocenters. The number of hydrogen-bond donors (Lipinski definition) is 2. The maximum absolute atomic E-state index is 8.83. The summed E-state index contributed by atoms with van der Waals surface area (Å²) < 4.78 is 0.818. The number of nitrogens with two attached hydrogens (primary N) is 1. The van der Waals surface area contributed by atoms with Crippen LogP contribution in [0.4, 0.5) is 17.1 Å². The van der Waals surface area contributed by atoms with Crippen molar-refractivity contribution in [2.24, 2.45) is 0 Å². The Morgan fingerprint density at radius 3 is 2.63 bits per heavy atom. The average Bonchev–Trinajstić information content (AvgIpc) is 2.38. The van der Waals surface area contributed by atoms with Crippen LogP contribution in [0.25, 0.3) is 0 Å². The van der Waals surface area contributed by atoms with E-state index in [2.05, 4.69) is 27.3 Å². The van der Waals surface area contributed by atoms with Crippen LogP contribution in [0.3, 0.4) is 0 Å². The normalized spacial score (nSPS) is 10.0. The molecule has 2 aromatic carbocycles. The van der Waals surface area contributed by atoms with E-state index in [9.17, 15) is 0 Å². The molecule has 0 saturated carbocycles. The van der Waals surface area contributed by atoms with Crippen molar-refractivity contribution in [2.45, 2.75) is 6.92 Å². The van der Waals surface area contributed by atoms with Crippen molar-refractivity contribution >= 4 is 44.6 Å². The maximum Gasteiger partial charge on any atom is 0.0992 e. The van der Waals surface area contributed by atoms with E-state index >= 15 is 0 Å². The molecular formula is C14H11BrClN3. The van der Waals surface area contributed by atoms with Crippen LogP contribution >= 0.6 is 27.5 Å². The molecule has 3 nitrogen and oxygen atoms in total. The quantitative estimate of drug-likeness (QED) is 0.787. The molecule has 0 bridgehead atoms. The molecule has 3 N–H and O–H groups in total. The largest absolute Gasteiger partial charge is 0.398 e. The molecule has 0 aliphatic rings. The SMILES string of the molecule is Cc1cc(N)c(Cl)cc1Nc1ccc(C#N)cc1Br. The fraction of sp³-hybridized carbons (Fsp3) is 0.0714. The zero-order valence-corrected chi connectivity index (χ0v) is 12.5. The second-order valence-electron chi connectivity index (χ2n) is 4.12. The van der Waals surface area contributed by atoms with Gasteiger partial charge in [0.1, 0.15) is 0 Å². The van der Waals surface area contributed by atoms with Gasteiger partial charge in [-0.05, 0) is 58.7 Å². The summed E-state index contributed by atoms with van der Waals surface area (Å²) in [7, 11) is 0. The zero-order chi connectivity index (χ0) is 14.0. The number of benzene rings is 2. The van der Waals surface area contributed by atoms with E-state index < -0.39 is 0 Å². The molecular weight excluding hydrogens is 326 g/mol. The summed E-state index contributed by atoms with van der Waals surface area (Å²) in [6.45, 7) is 1.95. The van der Waals surface area contributed by atoms with Crippen LogP contribution < -0.4 is 11.1 Å². The highest BCUT2D eigenvalue weighted by molar-refractivity contribution is 9.10. The number of rotatable bonds is 2. The first kappa shape index (κ1) is 13.7. The summed E-state index contributed by atoms with van der Waals surface area (Å²) in [5, 5.41) is 12.6. The first-order chi connectivity index (χ1) is 9.01. The van der Waals surface area contributed by atoms with E-state index in [-0.39, 0.29) is 0 Å². The average molecular weight is 337 g/mol. The number of hydrogen-bond acceptors (Lipinski definition) is 3. The minimum absolute atomic E-state index is 0.512. The smallest absolute Gasteiger partial charge is 0.0992 e. The molecule has 0 spiro atoms. The topological polar surface area (TPSA) is 61.8 Å². The molecule has 0 saturated heterocycles. The van der Waals surface area contributed by atoms with Crippen molar-refractivity contribution < 1.29 is 0 Å². The third-order valence-electron chi connectivity index (χ3n) is 2.71. The van der Waals surface area contributed by atoms with E-state index in [0.717, 1.165) is 21.4 Å². The predicted molar refractivity (Wildman–Crippen MR) is 82.7 cm³/mol. The molecule has 0 atom stereocenters. The lowest BCUT2D eigenvalue weighted by molar-refractivity contribution is 1.41. The Hall–Kier alpha value is -1.70. The predicted octanol–water partition coefficient (Wildman–Crippen LogP) is 4.61. The number of nitrogens with zero attached hydrogens (tertiary/aromatic N) is 1. The van der Waals surface area contributed by atoms with Crippen LogP contribution in [0.1, 0.15) is 11.1 Å². The second kappa shape index (κ2) is 5.52. The van der Waals surface area contributed by atoms with Gasteiger partial charge in [-0.1, -0.05) is 11.6 Å². The summed E-state index contributed by atoms with van der Waals surface area (Å²) in [5.41, 5.74) is 9.65. The van der Waals surface area contributed by atoms with Gasteiger partial charge >= 0.3 is 0 Å². The zero-order valence-electron chi connectivity index (χ0n) is 10.2. The third-order valence-corrected chi connectivity index (χ3v) is 3.69. The van der Waals surface area contributed by atoms with Crippen LogP contribution in [0.5, 0.6) is 0 Å². The standard InChI is InChI=1S/C14H11BrClN3/c1-8-4-12(18)11(16)6-14(8)19-13-3-2-9(7-17)5-10(13)15/h2-6,19H,18H2,1H3. The number of aryl methyl sites for hydroxylation is 1. The molecule has 19 heavy (non-hydrogen) atoms. The van der Waals surface area contributed by atoms with Gasteiger partial charge in [-0.2, -0.15) is 5.26 Å². The van der Waals surface area contributed by atoms with E-state index in [0.29, 0.717) is 16.3 Å². The van der Waals surface area contributed by atoms with Crippen LogP contribution in [0.15, 0.2) is 34.8 Å². The minimum Gasteiger partial charge on any atom is -0.398 e. The van der Waals surface area contributed by atoms with Gasteiger partial charge < -0.3 is 11.1 Å². The highest BCUT2D eigenvalue weighted by atomic mass is 79.9. The van der Waals surface area contributed by atoms with Crippen molar-refractivity contribution in [3.05, 3.63) is 51.0 Å². The molecule has 0 radical (unpaired) electrons. The highest BCUT2D eigenvalue weighted by Gasteiger charge is 2.06. The fourth-order valence-corrected chi connectivity index (χ4v) is 2.31. The lowest BCUT2D eigenvalue weighted by Crippen LogP contribution is -1.96. The molecule has 0 heterocycles. The van der Waals surface area contributed by atoms with Crippen LogP contribution in [0.2, 0.25) is 5.02 Å². The van der Waals surface area contributed by atoms with Gasteiger partial charge in [0.2, 0.25) is 0 Å². The molecule has 0 amide bonds. The minimum atomic E-state index is 0.512. The summed E-state index contributed by atoms with van der Waals surface area (Å²) in [5.74, 6) is 0. The molecule has 96 valence electrons. The van der Waals surface area contributed by atoms with E-state index in [1.54, 1.807) is 18.2 Å². The van der Waals surface area contributed by atoms with Gasteiger partial charge in [-0.3, -0.25) is 0 Å². The van der Waals surface area contributed by atoms with Crippen LogP contribution in [-0.2, 0) is 0 Å². The van der Waals surface area contributed by atoms with E-state index in [4.69, 9.17) is 22.6 Å². The number of nitrogen functional groups attached to an aromatic ring is 1. The first-order valence-electron chi connectivity index (χ1n) is 5.53. The molecule has 0 aromatic heterocycles. The van der Waals surface area contributed by atoms with Crippen molar-refractivity contribution in [3.8, 4) is 6.07 Å². The summed E-state index contributed by atoms with van der Waals surface area (Å²) >= 11 is 9.45. The summed E-state index contributed by atoms with van der Waals surface area (Å²) in [6, 6.07) is 11.1. The number of halogens is 2. The fourth-order valence-electron chi connectivity index (χ4n) is 1.67. The van der Waals surface area contributed by atoms with Gasteiger partial charge in [-0.15, -0.1) is 0 Å². The first-order valence-corrected chi connectivity index (χ1v) is 6.70. The van der Waals surface area contributed by atoms with Gasteiger partial charge in [0.25, 0.3) is 0 Å². The van der Waals surface area contributed by atoms with Crippen molar-refractivity contribution in [2.75, 3.05) is 11.1 Å². The molecule has 0 aliphatic carbocycles. The Labute approximate surface area is 125 Å². The summed E-state index contributed by atoms with van der Waals surface area (Å²) in [4.78, 5) is 0. The third kappa shape index (κ3) is 3.01. The molecule has 5 heteroatoms. The van der Waals surface area contributed by atoms with Gasteiger partial charge in [0.15, 0.2) is 0 Å². The van der Waals surface area contributed by atoms with Gasteiger partial charge in [-0.25, -0.2) is 0 Å². The van der Waals surface area contributed by atoms with Crippen molar-refractivity contribution in [1.82, 2.24) is 0 Å². The second-order valence-corrected chi connectivity index (χ2v) is 5.38. The Morgan fingerprint density at radius 2 is 2.00 bits per heavy atom. The molecule has 2 aromatic rings. The Kier molecular flexibility index (Phi) is 3.98. The number of nitrogens with one attached hydrogen (secondary N) is 1. The maximum atomic E-state index is 8.83. The number of nitriles is 1. The van der Waals surface area contributed by atoms with Gasteiger partial charge in [0.05, 0.1) is 28.0 Å². The molecule has 0 aliphatic heterocycles. The molecule has 2 rings (SSSR count). The number of anilines is 3.